The number of Topliss-reactive ketones (excluding diaryl/α,β-unsaturated/α-hetero) is 1. The Morgan fingerprint density at radius 1 is 1.22 bits per heavy atom. The van der Waals surface area contributed by atoms with E-state index in [-0.39, 0.29) is 12.6 Å². The molecule has 1 unspecified atom stereocenters. The van der Waals surface area contributed by atoms with Gasteiger partial charge in [-0.1, -0.05) is 43.7 Å². The van der Waals surface area contributed by atoms with E-state index in [1.807, 2.05) is 30.3 Å². The summed E-state index contributed by atoms with van der Waals surface area (Å²) >= 11 is 0. The summed E-state index contributed by atoms with van der Waals surface area (Å²) in [6, 6.07) is 9.17. The molecule has 1 aliphatic rings. The standard InChI is InChI=1S/C18H23NO4/c1-4-6-12-14-15(17(20)18(21)22-5-2)16(19(3)23-14)13-10-8-7-9-11-13/h7-11,16H,4-6,12H2,1-3H3. The first-order valence-electron chi connectivity index (χ1n) is 8.00. The minimum atomic E-state index is -0.823. The molecule has 1 aromatic rings. The lowest BCUT2D eigenvalue weighted by molar-refractivity contribution is -0.152. The van der Waals surface area contributed by atoms with Gasteiger partial charge in [-0.25, -0.2) is 4.79 Å². The fourth-order valence-electron chi connectivity index (χ4n) is 2.70. The van der Waals surface area contributed by atoms with Crippen LogP contribution < -0.4 is 0 Å². The number of esters is 1. The van der Waals surface area contributed by atoms with Crippen LogP contribution in [0.5, 0.6) is 0 Å². The summed E-state index contributed by atoms with van der Waals surface area (Å²) in [6.45, 7) is 3.93. The third-order valence-electron chi connectivity index (χ3n) is 3.77. The second-order valence-electron chi connectivity index (χ2n) is 5.44. The minimum Gasteiger partial charge on any atom is -0.460 e. The van der Waals surface area contributed by atoms with Crippen LogP contribution in [-0.4, -0.2) is 30.5 Å². The maximum atomic E-state index is 12.6. The molecular weight excluding hydrogens is 294 g/mol. The summed E-state index contributed by atoms with van der Waals surface area (Å²) in [5, 5.41) is 1.63. The smallest absolute Gasteiger partial charge is 0.379 e. The molecule has 2 rings (SSSR count). The maximum Gasteiger partial charge on any atom is 0.379 e. The van der Waals surface area contributed by atoms with E-state index in [9.17, 15) is 9.59 Å². The van der Waals surface area contributed by atoms with Crippen LogP contribution in [0.3, 0.4) is 0 Å². The van der Waals surface area contributed by atoms with Gasteiger partial charge < -0.3 is 9.57 Å². The number of benzene rings is 1. The summed E-state index contributed by atoms with van der Waals surface area (Å²) in [5.74, 6) is -0.867. The Kier molecular flexibility index (Phi) is 5.93. The van der Waals surface area contributed by atoms with Gasteiger partial charge in [0.25, 0.3) is 5.78 Å². The zero-order valence-corrected chi connectivity index (χ0v) is 13.9. The zero-order chi connectivity index (χ0) is 16.8. The SMILES string of the molecule is CCCCC1=C(C(=O)C(=O)OCC)C(c2ccccc2)N(C)O1. The van der Waals surface area contributed by atoms with Crippen LogP contribution in [0.25, 0.3) is 0 Å². The van der Waals surface area contributed by atoms with Crippen LogP contribution >= 0.6 is 0 Å². The number of hydrogen-bond acceptors (Lipinski definition) is 5. The van der Waals surface area contributed by atoms with E-state index in [2.05, 4.69) is 6.92 Å². The minimum absolute atomic E-state index is 0.175. The lowest BCUT2D eigenvalue weighted by Gasteiger charge is -2.20. The monoisotopic (exact) mass is 317 g/mol. The molecule has 0 aromatic heterocycles. The first-order valence-corrected chi connectivity index (χ1v) is 8.00. The Hall–Kier alpha value is -2.14. The lowest BCUT2D eigenvalue weighted by Crippen LogP contribution is -2.26. The van der Waals surface area contributed by atoms with Crippen LogP contribution in [-0.2, 0) is 19.2 Å². The quantitative estimate of drug-likeness (QED) is 0.571. The van der Waals surface area contributed by atoms with Crippen molar-refractivity contribution in [1.82, 2.24) is 5.06 Å². The zero-order valence-electron chi connectivity index (χ0n) is 13.9. The first-order chi connectivity index (χ1) is 11.1. The number of unbranched alkanes of at least 4 members (excludes halogenated alkanes) is 1. The number of hydrogen-bond donors (Lipinski definition) is 0. The second-order valence-corrected chi connectivity index (χ2v) is 5.44. The first kappa shape index (κ1) is 17.2. The Morgan fingerprint density at radius 2 is 1.91 bits per heavy atom. The average Bonchev–Trinajstić information content (AvgIpc) is 2.89. The molecule has 0 fully saturated rings. The summed E-state index contributed by atoms with van der Waals surface area (Å²) < 4.78 is 4.89. The van der Waals surface area contributed by atoms with E-state index >= 15 is 0 Å². The number of carbonyl (C=O) groups is 2. The van der Waals surface area contributed by atoms with Crippen molar-refractivity contribution < 1.29 is 19.2 Å². The van der Waals surface area contributed by atoms with E-state index in [4.69, 9.17) is 9.57 Å². The number of ketones is 1. The van der Waals surface area contributed by atoms with E-state index in [0.717, 1.165) is 18.4 Å². The third kappa shape index (κ3) is 3.79. The highest BCUT2D eigenvalue weighted by Gasteiger charge is 2.40. The number of ether oxygens (including phenoxy) is 1. The molecule has 1 aromatic carbocycles. The third-order valence-corrected chi connectivity index (χ3v) is 3.77. The Bertz CT molecular complexity index is 594. The van der Waals surface area contributed by atoms with Crippen molar-refractivity contribution >= 4 is 11.8 Å². The molecule has 1 aliphatic heterocycles. The maximum absolute atomic E-state index is 12.6. The van der Waals surface area contributed by atoms with Crippen molar-refractivity contribution in [1.29, 1.82) is 0 Å². The van der Waals surface area contributed by atoms with Crippen molar-refractivity contribution in [2.24, 2.45) is 0 Å². The fourth-order valence-corrected chi connectivity index (χ4v) is 2.70. The molecule has 0 amide bonds. The molecule has 23 heavy (non-hydrogen) atoms. The Labute approximate surface area is 136 Å². The molecule has 0 radical (unpaired) electrons. The summed E-state index contributed by atoms with van der Waals surface area (Å²) in [5.41, 5.74) is 1.31. The summed E-state index contributed by atoms with van der Waals surface area (Å²) in [7, 11) is 1.77. The molecule has 0 bridgehead atoms. The highest BCUT2D eigenvalue weighted by atomic mass is 16.7. The molecule has 5 nitrogen and oxygen atoms in total. The van der Waals surface area contributed by atoms with Crippen molar-refractivity contribution in [3.8, 4) is 0 Å². The molecule has 0 N–H and O–H groups in total. The van der Waals surface area contributed by atoms with Gasteiger partial charge in [0.05, 0.1) is 12.2 Å². The van der Waals surface area contributed by atoms with Crippen LogP contribution in [0.4, 0.5) is 0 Å². The topological polar surface area (TPSA) is 55.8 Å². The molecule has 124 valence electrons. The van der Waals surface area contributed by atoms with Gasteiger partial charge in [-0.3, -0.25) is 4.79 Å². The van der Waals surface area contributed by atoms with Crippen molar-refractivity contribution in [3.63, 3.8) is 0 Å². The number of rotatable bonds is 7. The number of hydroxylamine groups is 2. The normalized spacial score (nSPS) is 18.0. The Morgan fingerprint density at radius 3 is 2.52 bits per heavy atom. The van der Waals surface area contributed by atoms with E-state index in [1.54, 1.807) is 19.0 Å². The number of likely N-dealkylation sites (N-methyl/N-ethyl adjacent to an activating group) is 1. The van der Waals surface area contributed by atoms with E-state index in [0.29, 0.717) is 17.8 Å². The Balaban J connectivity index is 2.40. The van der Waals surface area contributed by atoms with Crippen LogP contribution in [0.15, 0.2) is 41.7 Å². The molecule has 0 saturated heterocycles. The summed E-state index contributed by atoms with van der Waals surface area (Å²) in [4.78, 5) is 30.3. The van der Waals surface area contributed by atoms with Gasteiger partial charge in [0, 0.05) is 13.5 Å². The molecule has 0 aliphatic carbocycles. The van der Waals surface area contributed by atoms with Gasteiger partial charge in [0.1, 0.15) is 11.8 Å². The van der Waals surface area contributed by atoms with E-state index < -0.39 is 11.8 Å². The van der Waals surface area contributed by atoms with E-state index in [1.165, 1.54) is 0 Å². The van der Waals surface area contributed by atoms with Gasteiger partial charge in [0.2, 0.25) is 0 Å². The van der Waals surface area contributed by atoms with Gasteiger partial charge in [-0.2, -0.15) is 0 Å². The molecule has 1 atom stereocenters. The van der Waals surface area contributed by atoms with Crippen LogP contribution in [0.1, 0.15) is 44.7 Å². The molecule has 1 heterocycles. The summed E-state index contributed by atoms with van der Waals surface area (Å²) in [6.07, 6.45) is 2.50. The molecule has 5 heteroatoms. The molecular formula is C18H23NO4. The largest absolute Gasteiger partial charge is 0.460 e. The second kappa shape index (κ2) is 7.92. The number of carbonyl (C=O) groups excluding carboxylic acids is 2. The number of nitrogens with zero attached hydrogens (tertiary/aromatic N) is 1. The van der Waals surface area contributed by atoms with Crippen LogP contribution in [0, 0.1) is 0 Å². The predicted octanol–water partition coefficient (Wildman–Crippen LogP) is 3.18. The van der Waals surface area contributed by atoms with Crippen LogP contribution in [0.2, 0.25) is 0 Å². The highest BCUT2D eigenvalue weighted by Crippen LogP contribution is 2.39. The van der Waals surface area contributed by atoms with Gasteiger partial charge in [-0.15, -0.1) is 5.06 Å². The molecule has 0 spiro atoms. The fraction of sp³-hybridized carbons (Fsp3) is 0.444. The lowest BCUT2D eigenvalue weighted by atomic mass is 9.94. The van der Waals surface area contributed by atoms with Crippen molar-refractivity contribution in [2.75, 3.05) is 13.7 Å². The highest BCUT2D eigenvalue weighted by molar-refractivity contribution is 6.41. The number of allylic oxidation sites excluding steroid dienone is 1. The molecule has 0 saturated carbocycles. The van der Waals surface area contributed by atoms with Gasteiger partial charge in [0.15, 0.2) is 0 Å². The van der Waals surface area contributed by atoms with Gasteiger partial charge >= 0.3 is 5.97 Å². The van der Waals surface area contributed by atoms with Crippen molar-refractivity contribution in [3.05, 3.63) is 47.2 Å². The van der Waals surface area contributed by atoms with Crippen molar-refractivity contribution in [2.45, 2.75) is 39.2 Å². The average molecular weight is 317 g/mol. The predicted molar refractivity (Wildman–Crippen MR) is 86.2 cm³/mol. The van der Waals surface area contributed by atoms with Gasteiger partial charge in [-0.05, 0) is 18.9 Å².